The number of carbonyl (C=O) groups is 3. The largest absolute Gasteiger partial charge is 0.417 e. The van der Waals surface area contributed by atoms with Crippen LogP contribution in [0.2, 0.25) is 0 Å². The van der Waals surface area contributed by atoms with Gasteiger partial charge in [-0.25, -0.2) is 9.37 Å². The number of fused-ring (bicyclic) bond motifs is 2. The minimum atomic E-state index is -0.666. The summed E-state index contributed by atoms with van der Waals surface area (Å²) in [5.41, 5.74) is 0.269. The zero-order chi connectivity index (χ0) is 18.7. The Balaban J connectivity index is 2.00. The van der Waals surface area contributed by atoms with Gasteiger partial charge in [-0.15, -0.1) is 10.1 Å². The first kappa shape index (κ1) is 17.2. The number of guanidine groups is 1. The molecule has 0 aromatic heterocycles. The molecule has 0 radical (unpaired) electrons. The van der Waals surface area contributed by atoms with E-state index in [0.717, 1.165) is 10.6 Å². The predicted octanol–water partition coefficient (Wildman–Crippen LogP) is -0.0339. The smallest absolute Gasteiger partial charge is 0.295 e. The fourth-order valence-electron chi connectivity index (χ4n) is 2.96. The molecule has 0 spiro atoms. The molecule has 0 aromatic rings. The van der Waals surface area contributed by atoms with Crippen molar-refractivity contribution < 1.29 is 19.0 Å². The van der Waals surface area contributed by atoms with Crippen LogP contribution in [0, 0.1) is 5.41 Å². The first-order valence-electron chi connectivity index (χ1n) is 8.14. The second-order valence-electron chi connectivity index (χ2n) is 7.61. The lowest BCUT2D eigenvalue weighted by molar-refractivity contribution is -0.527. The molecule has 0 bridgehead atoms. The Morgan fingerprint density at radius 3 is 2.48 bits per heavy atom. The van der Waals surface area contributed by atoms with Crippen LogP contribution < -0.4 is 0 Å². The molecule has 3 aliphatic heterocycles. The standard InChI is InChI=1S/C16H23N6O3/c1-9-7-21-11-12(19(5)15(25)20(6)13(11)24)17-14(21)22(18-9)8-10(23)16(2,3)4/h11H,7-8H2,1-6H3/q+1. The zero-order valence-corrected chi connectivity index (χ0v) is 15.4. The van der Waals surface area contributed by atoms with E-state index in [1.807, 2.05) is 27.7 Å². The molecule has 134 valence electrons. The van der Waals surface area contributed by atoms with Gasteiger partial charge in [-0.3, -0.25) is 19.4 Å². The maximum absolute atomic E-state index is 12.6. The van der Waals surface area contributed by atoms with Crippen LogP contribution in [0.3, 0.4) is 0 Å². The van der Waals surface area contributed by atoms with Gasteiger partial charge in [0.1, 0.15) is 6.54 Å². The monoisotopic (exact) mass is 347 g/mol. The van der Waals surface area contributed by atoms with E-state index in [2.05, 4.69) is 10.1 Å². The van der Waals surface area contributed by atoms with Gasteiger partial charge in [0.25, 0.3) is 5.91 Å². The number of aliphatic imine (C=N–C) groups is 1. The normalized spacial score (nSPS) is 23.6. The molecule has 0 aromatic carbocycles. The van der Waals surface area contributed by atoms with Gasteiger partial charge < -0.3 is 0 Å². The molecule has 9 nitrogen and oxygen atoms in total. The van der Waals surface area contributed by atoms with Gasteiger partial charge in [0.05, 0.1) is 5.71 Å². The topological polar surface area (TPSA) is 88.7 Å². The van der Waals surface area contributed by atoms with Crippen LogP contribution in [0.4, 0.5) is 4.79 Å². The third kappa shape index (κ3) is 2.63. The SMILES string of the molecule is CC1=NN(CC(=O)C(C)(C)C)C2=[N+](C1)C1C(=O)N(C)C(=O)N(C)C1=N2. The summed E-state index contributed by atoms with van der Waals surface area (Å²) in [4.78, 5) is 44.2. The maximum atomic E-state index is 12.6. The van der Waals surface area contributed by atoms with Crippen LogP contribution in [0.5, 0.6) is 0 Å². The third-order valence-corrected chi connectivity index (χ3v) is 4.56. The number of hydrazone groups is 1. The summed E-state index contributed by atoms with van der Waals surface area (Å²) in [7, 11) is 3.05. The molecule has 3 heterocycles. The average Bonchev–Trinajstić information content (AvgIpc) is 2.89. The highest BCUT2D eigenvalue weighted by atomic mass is 16.2. The van der Waals surface area contributed by atoms with Crippen LogP contribution in [0.15, 0.2) is 10.1 Å². The molecule has 3 rings (SSSR count). The van der Waals surface area contributed by atoms with Crippen LogP contribution in [-0.4, -0.2) is 87.8 Å². The van der Waals surface area contributed by atoms with Crippen molar-refractivity contribution in [3.63, 3.8) is 0 Å². The average molecular weight is 347 g/mol. The van der Waals surface area contributed by atoms with Gasteiger partial charge in [-0.2, -0.15) is 0 Å². The first-order valence-corrected chi connectivity index (χ1v) is 8.14. The van der Waals surface area contributed by atoms with Crippen LogP contribution >= 0.6 is 0 Å². The fourth-order valence-corrected chi connectivity index (χ4v) is 2.96. The first-order chi connectivity index (χ1) is 11.5. The number of hydrogen-bond acceptors (Lipinski definition) is 6. The van der Waals surface area contributed by atoms with E-state index in [1.54, 1.807) is 11.6 Å². The number of amidine groups is 1. The lowest BCUT2D eigenvalue weighted by atomic mass is 9.91. The van der Waals surface area contributed by atoms with Gasteiger partial charge in [0.15, 0.2) is 12.3 Å². The van der Waals surface area contributed by atoms with E-state index in [4.69, 9.17) is 0 Å². The Kier molecular flexibility index (Phi) is 3.77. The number of carbonyl (C=O) groups excluding carboxylic acids is 3. The molecule has 9 heteroatoms. The molecule has 3 amide bonds. The number of likely N-dealkylation sites (N-methyl/N-ethyl adjacent to an activating group) is 2. The highest BCUT2D eigenvalue weighted by Gasteiger charge is 2.54. The molecule has 0 N–H and O–H groups in total. The van der Waals surface area contributed by atoms with Gasteiger partial charge in [-0.1, -0.05) is 25.8 Å². The number of amides is 3. The molecular formula is C16H23N6O3+. The van der Waals surface area contributed by atoms with Crippen molar-refractivity contribution >= 4 is 35.2 Å². The van der Waals surface area contributed by atoms with E-state index in [9.17, 15) is 14.4 Å². The molecule has 0 saturated carbocycles. The van der Waals surface area contributed by atoms with E-state index in [1.165, 1.54) is 17.0 Å². The maximum Gasteiger partial charge on any atom is 0.417 e. The zero-order valence-electron chi connectivity index (χ0n) is 15.4. The Morgan fingerprint density at radius 2 is 1.88 bits per heavy atom. The lowest BCUT2D eigenvalue weighted by Crippen LogP contribution is -2.62. The third-order valence-electron chi connectivity index (χ3n) is 4.56. The summed E-state index contributed by atoms with van der Waals surface area (Å²) in [5.74, 6) is 0.503. The number of hydrogen-bond donors (Lipinski definition) is 0. The van der Waals surface area contributed by atoms with Gasteiger partial charge >= 0.3 is 12.0 Å². The number of nitrogens with zero attached hydrogens (tertiary/aromatic N) is 6. The van der Waals surface area contributed by atoms with Crippen molar-refractivity contribution in [1.29, 1.82) is 0 Å². The predicted molar refractivity (Wildman–Crippen MR) is 91.6 cm³/mol. The van der Waals surface area contributed by atoms with Crippen LogP contribution in [0.1, 0.15) is 27.7 Å². The number of ketones is 1. The molecule has 1 saturated heterocycles. The van der Waals surface area contributed by atoms with Gasteiger partial charge in [0.2, 0.25) is 11.9 Å². The Bertz CT molecular complexity index is 773. The summed E-state index contributed by atoms with van der Waals surface area (Å²) in [6, 6.07) is -1.09. The number of rotatable bonds is 2. The number of imide groups is 1. The van der Waals surface area contributed by atoms with Crippen molar-refractivity contribution in [2.45, 2.75) is 33.7 Å². The number of urea groups is 1. The summed E-state index contributed by atoms with van der Waals surface area (Å²) >= 11 is 0. The van der Waals surface area contributed by atoms with Crippen molar-refractivity contribution in [3.8, 4) is 0 Å². The highest BCUT2D eigenvalue weighted by Crippen LogP contribution is 2.23. The van der Waals surface area contributed by atoms with Crippen molar-refractivity contribution in [3.05, 3.63) is 0 Å². The van der Waals surface area contributed by atoms with Gasteiger partial charge in [-0.05, 0) is 6.92 Å². The van der Waals surface area contributed by atoms with E-state index in [0.29, 0.717) is 18.3 Å². The minimum Gasteiger partial charge on any atom is -0.295 e. The Morgan fingerprint density at radius 1 is 1.24 bits per heavy atom. The summed E-state index contributed by atoms with van der Waals surface area (Å²) in [6.45, 7) is 7.89. The quantitative estimate of drug-likeness (QED) is 0.656. The second-order valence-corrected chi connectivity index (χ2v) is 7.61. The number of Topliss-reactive ketones (excluding diaryl/α,β-unsaturated/α-hetero) is 1. The molecule has 1 atom stereocenters. The van der Waals surface area contributed by atoms with E-state index >= 15 is 0 Å². The van der Waals surface area contributed by atoms with Gasteiger partial charge in [0, 0.05) is 19.5 Å². The van der Waals surface area contributed by atoms with Crippen molar-refractivity contribution in [1.82, 2.24) is 14.8 Å². The lowest BCUT2D eigenvalue weighted by Gasteiger charge is -2.32. The highest BCUT2D eigenvalue weighted by molar-refractivity contribution is 6.23. The van der Waals surface area contributed by atoms with Crippen LogP contribution in [0.25, 0.3) is 0 Å². The summed E-state index contributed by atoms with van der Waals surface area (Å²) in [5, 5.41) is 5.97. The fraction of sp³-hybridized carbons (Fsp3) is 0.625. The summed E-state index contributed by atoms with van der Waals surface area (Å²) in [6.07, 6.45) is 0. The molecule has 3 aliphatic rings. The summed E-state index contributed by atoms with van der Waals surface area (Å²) < 4.78 is 1.80. The van der Waals surface area contributed by atoms with E-state index in [-0.39, 0.29) is 18.2 Å². The molecule has 25 heavy (non-hydrogen) atoms. The molecular weight excluding hydrogens is 324 g/mol. The van der Waals surface area contributed by atoms with Crippen LogP contribution in [-0.2, 0) is 9.59 Å². The van der Waals surface area contributed by atoms with E-state index < -0.39 is 17.5 Å². The van der Waals surface area contributed by atoms with Crippen molar-refractivity contribution in [2.75, 3.05) is 27.2 Å². The Labute approximate surface area is 146 Å². The second kappa shape index (κ2) is 5.47. The Hall–Kier alpha value is -2.58. The minimum absolute atomic E-state index is 0.0151. The molecule has 0 aliphatic carbocycles. The molecule has 1 unspecified atom stereocenters. The molecule has 1 fully saturated rings. The van der Waals surface area contributed by atoms with Crippen molar-refractivity contribution in [2.24, 2.45) is 15.5 Å².